The average molecular weight is 387 g/mol. The Kier molecular flexibility index (Phi) is 4.11. The van der Waals surface area contributed by atoms with Crippen molar-refractivity contribution in [1.29, 1.82) is 0 Å². The molecule has 0 aliphatic heterocycles. The lowest BCUT2D eigenvalue weighted by molar-refractivity contribution is 0.0697. The summed E-state index contributed by atoms with van der Waals surface area (Å²) in [6.45, 7) is 0. The van der Waals surface area contributed by atoms with Crippen LogP contribution in [0.25, 0.3) is 0 Å². The van der Waals surface area contributed by atoms with E-state index in [1.54, 1.807) is 18.2 Å². The first-order valence-corrected chi connectivity index (χ1v) is 6.82. The summed E-state index contributed by atoms with van der Waals surface area (Å²) < 4.78 is 7.27. The van der Waals surface area contributed by atoms with Crippen molar-refractivity contribution in [2.24, 2.45) is 0 Å². The molecule has 0 heterocycles. The van der Waals surface area contributed by atoms with Crippen molar-refractivity contribution in [3.05, 3.63) is 50.9 Å². The first kappa shape index (κ1) is 13.9. The highest BCUT2D eigenvalue weighted by atomic mass is 79.9. The molecule has 0 radical (unpaired) electrons. The van der Waals surface area contributed by atoms with E-state index in [-0.39, 0.29) is 11.3 Å². The Morgan fingerprint density at radius 3 is 2.53 bits per heavy atom. The summed E-state index contributed by atoms with van der Waals surface area (Å²) in [7, 11) is 0. The number of para-hydroxylation sites is 1. The van der Waals surface area contributed by atoms with Crippen LogP contribution in [0, 0.1) is 0 Å². The van der Waals surface area contributed by atoms with E-state index in [1.165, 1.54) is 6.07 Å². The summed E-state index contributed by atoms with van der Waals surface area (Å²) in [6, 6.07) is 10.0. The van der Waals surface area contributed by atoms with Crippen molar-refractivity contribution < 1.29 is 14.6 Å². The third kappa shape index (κ3) is 3.08. The fourth-order valence-electron chi connectivity index (χ4n) is 1.50. The van der Waals surface area contributed by atoms with Gasteiger partial charge >= 0.3 is 5.97 Å². The summed E-state index contributed by atoms with van der Waals surface area (Å²) in [5.74, 6) is -0.224. The Hall–Kier alpha value is -1.53. The number of benzene rings is 2. The Morgan fingerprint density at radius 1 is 1.16 bits per heavy atom. The molecule has 0 unspecified atom stereocenters. The van der Waals surface area contributed by atoms with Crippen LogP contribution >= 0.6 is 31.9 Å². The van der Waals surface area contributed by atoms with Crippen molar-refractivity contribution in [3.8, 4) is 11.5 Å². The number of anilines is 1. The third-order valence-electron chi connectivity index (χ3n) is 2.41. The van der Waals surface area contributed by atoms with Gasteiger partial charge in [-0.2, -0.15) is 0 Å². The van der Waals surface area contributed by atoms with Crippen molar-refractivity contribution >= 4 is 43.5 Å². The van der Waals surface area contributed by atoms with Gasteiger partial charge in [-0.05, 0) is 46.3 Å². The number of carboxylic acid groups (broad SMARTS) is 1. The number of hydrogen-bond acceptors (Lipinski definition) is 3. The van der Waals surface area contributed by atoms with Crippen molar-refractivity contribution in [1.82, 2.24) is 0 Å². The summed E-state index contributed by atoms with van der Waals surface area (Å²) in [4.78, 5) is 11.0. The Morgan fingerprint density at radius 2 is 1.89 bits per heavy atom. The molecule has 0 aliphatic rings. The predicted molar refractivity (Wildman–Crippen MR) is 79.7 cm³/mol. The molecule has 0 aromatic heterocycles. The van der Waals surface area contributed by atoms with E-state index >= 15 is 0 Å². The molecular weight excluding hydrogens is 378 g/mol. The van der Waals surface area contributed by atoms with E-state index < -0.39 is 5.97 Å². The largest absolute Gasteiger partial charge is 0.478 e. The second-order valence-corrected chi connectivity index (χ2v) is 5.47. The first-order valence-electron chi connectivity index (χ1n) is 5.23. The average Bonchev–Trinajstić information content (AvgIpc) is 2.34. The molecule has 0 aliphatic carbocycles. The van der Waals surface area contributed by atoms with E-state index in [4.69, 9.17) is 15.6 Å². The number of ether oxygens (including phenoxy) is 1. The van der Waals surface area contributed by atoms with E-state index in [9.17, 15) is 4.79 Å². The highest BCUT2D eigenvalue weighted by molar-refractivity contribution is 9.11. The van der Waals surface area contributed by atoms with Crippen molar-refractivity contribution in [2.75, 3.05) is 5.73 Å². The SMILES string of the molecule is Nc1c(Oc2ccc(Br)cc2Br)cccc1C(=O)O. The lowest BCUT2D eigenvalue weighted by Gasteiger charge is -2.11. The van der Waals surface area contributed by atoms with E-state index in [2.05, 4.69) is 31.9 Å². The number of halogens is 2. The maximum absolute atomic E-state index is 11.0. The predicted octanol–water partition coefficient (Wildman–Crippen LogP) is 4.28. The zero-order valence-corrected chi connectivity index (χ0v) is 12.7. The normalized spacial score (nSPS) is 10.2. The number of carboxylic acids is 1. The topological polar surface area (TPSA) is 72.5 Å². The number of nitrogens with two attached hydrogens (primary N) is 1. The smallest absolute Gasteiger partial charge is 0.337 e. The molecule has 0 fully saturated rings. The van der Waals surface area contributed by atoms with Gasteiger partial charge in [0.05, 0.1) is 15.7 Å². The van der Waals surface area contributed by atoms with Gasteiger partial charge in [0.2, 0.25) is 0 Å². The monoisotopic (exact) mass is 385 g/mol. The minimum absolute atomic E-state index is 0.0192. The van der Waals surface area contributed by atoms with E-state index in [0.29, 0.717) is 11.5 Å². The second-order valence-electron chi connectivity index (χ2n) is 3.70. The summed E-state index contributed by atoms with van der Waals surface area (Å²) >= 11 is 6.70. The number of rotatable bonds is 3. The molecule has 98 valence electrons. The molecule has 0 saturated heterocycles. The van der Waals surface area contributed by atoms with Crippen LogP contribution in [0.3, 0.4) is 0 Å². The fourth-order valence-corrected chi connectivity index (χ4v) is 2.62. The quantitative estimate of drug-likeness (QED) is 0.772. The van der Waals surface area contributed by atoms with Gasteiger partial charge in [-0.3, -0.25) is 0 Å². The van der Waals surface area contributed by atoms with Crippen LogP contribution in [-0.4, -0.2) is 11.1 Å². The molecule has 2 aromatic rings. The highest BCUT2D eigenvalue weighted by Crippen LogP contribution is 2.35. The lowest BCUT2D eigenvalue weighted by atomic mass is 10.1. The van der Waals surface area contributed by atoms with Gasteiger partial charge in [-0.15, -0.1) is 0 Å². The molecule has 2 aromatic carbocycles. The van der Waals surface area contributed by atoms with Crippen LogP contribution < -0.4 is 10.5 Å². The summed E-state index contributed by atoms with van der Waals surface area (Å²) in [5.41, 5.74) is 5.90. The minimum atomic E-state index is -1.09. The number of carbonyl (C=O) groups is 1. The van der Waals surface area contributed by atoms with E-state index in [0.717, 1.165) is 8.95 Å². The van der Waals surface area contributed by atoms with E-state index in [1.807, 2.05) is 12.1 Å². The fraction of sp³-hybridized carbons (Fsp3) is 0. The zero-order chi connectivity index (χ0) is 14.0. The summed E-state index contributed by atoms with van der Waals surface area (Å²) in [5, 5.41) is 9.00. The molecule has 3 N–H and O–H groups in total. The molecule has 0 spiro atoms. The van der Waals surface area contributed by atoms with Crippen LogP contribution in [0.2, 0.25) is 0 Å². The number of aromatic carboxylic acids is 1. The Balaban J connectivity index is 2.38. The third-order valence-corrected chi connectivity index (χ3v) is 3.52. The molecule has 2 rings (SSSR count). The van der Waals surface area contributed by atoms with Gasteiger partial charge < -0.3 is 15.6 Å². The minimum Gasteiger partial charge on any atom is -0.478 e. The standard InChI is InChI=1S/C13H9Br2NO3/c14-7-4-5-10(9(15)6-7)19-11-3-1-2-8(12(11)16)13(17)18/h1-6H,16H2,(H,17,18). The van der Waals surface area contributed by atoms with Crippen LogP contribution in [0.15, 0.2) is 45.3 Å². The van der Waals surface area contributed by atoms with Gasteiger partial charge in [0.25, 0.3) is 0 Å². The molecule has 4 nitrogen and oxygen atoms in total. The lowest BCUT2D eigenvalue weighted by Crippen LogP contribution is -2.03. The van der Waals surface area contributed by atoms with Crippen molar-refractivity contribution in [3.63, 3.8) is 0 Å². The Bertz CT molecular complexity index is 644. The van der Waals surface area contributed by atoms with Crippen LogP contribution in [-0.2, 0) is 0 Å². The maximum atomic E-state index is 11.0. The number of nitrogen functional groups attached to an aromatic ring is 1. The van der Waals surface area contributed by atoms with Gasteiger partial charge in [0.15, 0.2) is 5.75 Å². The molecule has 19 heavy (non-hydrogen) atoms. The maximum Gasteiger partial charge on any atom is 0.337 e. The highest BCUT2D eigenvalue weighted by Gasteiger charge is 2.13. The zero-order valence-electron chi connectivity index (χ0n) is 9.56. The van der Waals surface area contributed by atoms with Crippen LogP contribution in [0.1, 0.15) is 10.4 Å². The van der Waals surface area contributed by atoms with Crippen LogP contribution in [0.5, 0.6) is 11.5 Å². The second kappa shape index (κ2) is 5.63. The summed E-state index contributed by atoms with van der Waals surface area (Å²) in [6.07, 6.45) is 0. The molecule has 0 atom stereocenters. The van der Waals surface area contributed by atoms with Crippen LogP contribution in [0.4, 0.5) is 5.69 Å². The van der Waals surface area contributed by atoms with Gasteiger partial charge in [0.1, 0.15) is 5.75 Å². The molecular formula is C13H9Br2NO3. The van der Waals surface area contributed by atoms with Crippen molar-refractivity contribution in [2.45, 2.75) is 0 Å². The van der Waals surface area contributed by atoms with Gasteiger partial charge in [0, 0.05) is 4.47 Å². The van der Waals surface area contributed by atoms with Gasteiger partial charge in [-0.1, -0.05) is 22.0 Å². The number of hydrogen-bond donors (Lipinski definition) is 2. The molecule has 0 bridgehead atoms. The van der Waals surface area contributed by atoms with Gasteiger partial charge in [-0.25, -0.2) is 4.79 Å². The molecule has 6 heteroatoms. The Labute approximate surface area is 126 Å². The first-order chi connectivity index (χ1) is 8.99. The molecule has 0 amide bonds. The molecule has 0 saturated carbocycles.